The number of ether oxygens (including phenoxy) is 1. The maximum atomic E-state index is 12.5. The monoisotopic (exact) mass is 546 g/mol. The molecule has 3 N–H and O–H groups in total. The Morgan fingerprint density at radius 1 is 0.975 bits per heavy atom. The minimum absolute atomic E-state index is 0.0436. The van der Waals surface area contributed by atoms with Gasteiger partial charge in [0.15, 0.2) is 6.61 Å². The first kappa shape index (κ1) is 29.6. The van der Waals surface area contributed by atoms with Gasteiger partial charge in [-0.3, -0.25) is 19.7 Å². The molecule has 3 aromatic carbocycles. The number of nitrogens with zero attached hydrogens (tertiary/aromatic N) is 3. The average Bonchev–Trinajstić information content (AvgIpc) is 2.94. The van der Waals surface area contributed by atoms with Gasteiger partial charge in [-0.15, -0.1) is 0 Å². The van der Waals surface area contributed by atoms with Crippen LogP contribution in [0.1, 0.15) is 30.5 Å². The smallest absolute Gasteiger partial charge is 0.271 e. The van der Waals surface area contributed by atoms with Gasteiger partial charge in [0.25, 0.3) is 17.5 Å². The predicted octanol–water partition coefficient (Wildman–Crippen LogP) is 4.64. The summed E-state index contributed by atoms with van der Waals surface area (Å²) < 4.78 is 5.82. The second-order valence-electron chi connectivity index (χ2n) is 8.98. The molecule has 3 aromatic rings. The van der Waals surface area contributed by atoms with E-state index in [4.69, 9.17) is 4.74 Å². The first-order valence-corrected chi connectivity index (χ1v) is 12.9. The molecule has 2 amide bonds. The van der Waals surface area contributed by atoms with Gasteiger partial charge in [-0.1, -0.05) is 12.1 Å². The number of non-ortho nitro benzene ring substituents is 1. The van der Waals surface area contributed by atoms with Gasteiger partial charge >= 0.3 is 0 Å². The maximum Gasteiger partial charge on any atom is 0.271 e. The number of rotatable bonds is 13. The molecule has 0 aromatic heterocycles. The molecule has 0 bridgehead atoms. The van der Waals surface area contributed by atoms with Gasteiger partial charge in [0, 0.05) is 53.9 Å². The highest BCUT2D eigenvalue weighted by Crippen LogP contribution is 2.25. The van der Waals surface area contributed by atoms with E-state index < -0.39 is 10.8 Å². The SMILES string of the molecule is CCN(CC)c1ccc(/C=N/NC(=O)CNc2ccc(C)c(C)c2)c(OCC(=O)Nc2cccc([N+](=O)[O-])c2)c1. The maximum absolute atomic E-state index is 12.5. The molecular formula is C29H34N6O5. The van der Waals surface area contributed by atoms with Crippen LogP contribution < -0.4 is 25.7 Å². The van der Waals surface area contributed by atoms with Crippen LogP contribution in [0, 0.1) is 24.0 Å². The van der Waals surface area contributed by atoms with E-state index in [-0.39, 0.29) is 24.7 Å². The van der Waals surface area contributed by atoms with E-state index in [9.17, 15) is 19.7 Å². The van der Waals surface area contributed by atoms with Crippen LogP contribution in [-0.4, -0.2) is 49.2 Å². The first-order chi connectivity index (χ1) is 19.2. The van der Waals surface area contributed by atoms with Crippen molar-refractivity contribution in [3.63, 3.8) is 0 Å². The fraction of sp³-hybridized carbons (Fsp3) is 0.276. The van der Waals surface area contributed by atoms with Gasteiger partial charge in [-0.05, 0) is 69.2 Å². The van der Waals surface area contributed by atoms with Crippen LogP contribution in [0.25, 0.3) is 0 Å². The minimum atomic E-state index is -0.533. The number of aryl methyl sites for hydroxylation is 2. The van der Waals surface area contributed by atoms with Crippen molar-refractivity contribution in [2.75, 3.05) is 41.8 Å². The van der Waals surface area contributed by atoms with Gasteiger partial charge in [0.2, 0.25) is 0 Å². The molecule has 0 saturated carbocycles. The number of benzene rings is 3. The van der Waals surface area contributed by atoms with Crippen molar-refractivity contribution in [2.45, 2.75) is 27.7 Å². The number of hydrogen-bond acceptors (Lipinski definition) is 8. The van der Waals surface area contributed by atoms with E-state index in [0.29, 0.717) is 17.0 Å². The number of carbonyl (C=O) groups excluding carboxylic acids is 2. The molecule has 11 nitrogen and oxygen atoms in total. The molecule has 3 rings (SSSR count). The average molecular weight is 547 g/mol. The molecular weight excluding hydrogens is 512 g/mol. The summed E-state index contributed by atoms with van der Waals surface area (Å²) in [5.41, 5.74) is 7.25. The summed E-state index contributed by atoms with van der Waals surface area (Å²) >= 11 is 0. The van der Waals surface area contributed by atoms with Crippen LogP contribution in [0.4, 0.5) is 22.7 Å². The lowest BCUT2D eigenvalue weighted by Crippen LogP contribution is -2.26. The Kier molecular flexibility index (Phi) is 10.6. The first-order valence-electron chi connectivity index (χ1n) is 12.9. The predicted molar refractivity (Wildman–Crippen MR) is 157 cm³/mol. The van der Waals surface area contributed by atoms with Crippen LogP contribution in [0.15, 0.2) is 65.8 Å². The van der Waals surface area contributed by atoms with Gasteiger partial charge in [-0.2, -0.15) is 5.10 Å². The summed E-state index contributed by atoms with van der Waals surface area (Å²) in [4.78, 5) is 37.4. The Labute approximate surface area is 233 Å². The van der Waals surface area contributed by atoms with E-state index in [1.807, 2.05) is 52.0 Å². The van der Waals surface area contributed by atoms with Crippen LogP contribution in [0.2, 0.25) is 0 Å². The van der Waals surface area contributed by atoms with Crippen LogP contribution in [0.3, 0.4) is 0 Å². The van der Waals surface area contributed by atoms with Crippen molar-refractivity contribution in [3.05, 3.63) is 87.5 Å². The highest BCUT2D eigenvalue weighted by molar-refractivity contribution is 5.92. The van der Waals surface area contributed by atoms with Crippen LogP contribution in [-0.2, 0) is 9.59 Å². The van der Waals surface area contributed by atoms with Crippen molar-refractivity contribution in [2.24, 2.45) is 5.10 Å². The lowest BCUT2D eigenvalue weighted by Gasteiger charge is -2.22. The summed E-state index contributed by atoms with van der Waals surface area (Å²) in [5, 5.41) is 20.7. The molecule has 0 saturated heterocycles. The molecule has 0 aliphatic carbocycles. The third kappa shape index (κ3) is 8.55. The fourth-order valence-corrected chi connectivity index (χ4v) is 3.82. The molecule has 0 fully saturated rings. The summed E-state index contributed by atoms with van der Waals surface area (Å²) in [7, 11) is 0. The Bertz CT molecular complexity index is 1390. The summed E-state index contributed by atoms with van der Waals surface area (Å²) in [6.07, 6.45) is 1.45. The van der Waals surface area contributed by atoms with E-state index in [0.717, 1.165) is 30.0 Å². The Morgan fingerprint density at radius 3 is 2.45 bits per heavy atom. The van der Waals surface area contributed by atoms with Crippen molar-refractivity contribution < 1.29 is 19.2 Å². The Balaban J connectivity index is 1.66. The van der Waals surface area contributed by atoms with Gasteiger partial charge in [-0.25, -0.2) is 5.43 Å². The summed E-state index contributed by atoms with van der Waals surface area (Å²) in [6, 6.07) is 17.0. The Hall–Kier alpha value is -4.93. The van der Waals surface area contributed by atoms with Crippen molar-refractivity contribution in [1.82, 2.24) is 5.43 Å². The zero-order valence-electron chi connectivity index (χ0n) is 23.1. The lowest BCUT2D eigenvalue weighted by molar-refractivity contribution is -0.384. The quantitative estimate of drug-likeness (QED) is 0.161. The number of amides is 2. The zero-order valence-corrected chi connectivity index (χ0v) is 23.1. The van der Waals surface area contributed by atoms with Crippen molar-refractivity contribution in [3.8, 4) is 5.75 Å². The number of hydrogen-bond donors (Lipinski definition) is 3. The molecule has 0 spiro atoms. The van der Waals surface area contributed by atoms with E-state index in [1.54, 1.807) is 18.2 Å². The molecule has 0 unspecified atom stereocenters. The van der Waals surface area contributed by atoms with Gasteiger partial charge in [0.05, 0.1) is 17.7 Å². The Morgan fingerprint density at radius 2 is 1.75 bits per heavy atom. The number of hydrazone groups is 1. The minimum Gasteiger partial charge on any atom is -0.483 e. The molecule has 0 radical (unpaired) electrons. The highest BCUT2D eigenvalue weighted by Gasteiger charge is 2.12. The molecule has 11 heteroatoms. The van der Waals surface area contributed by atoms with Crippen LogP contribution in [0.5, 0.6) is 5.75 Å². The summed E-state index contributed by atoms with van der Waals surface area (Å²) in [6.45, 7) is 9.37. The standard InChI is InChI=1S/C29H34N6O5/c1-5-34(6-2)25-13-11-22(17-31-33-28(36)18-30-23-12-10-20(3)21(4)14-23)27(16-25)40-19-29(37)32-24-8-7-9-26(15-24)35(38)39/h7-17,30H,5-6,18-19H2,1-4H3,(H,32,37)(H,33,36)/b31-17+. The zero-order chi connectivity index (χ0) is 29.1. The van der Waals surface area contributed by atoms with E-state index >= 15 is 0 Å². The lowest BCUT2D eigenvalue weighted by atomic mass is 10.1. The number of anilines is 3. The second-order valence-corrected chi connectivity index (χ2v) is 8.98. The van der Waals surface area contributed by atoms with Gasteiger partial charge < -0.3 is 20.3 Å². The number of nitrogens with one attached hydrogen (secondary N) is 3. The van der Waals surface area contributed by atoms with Crippen molar-refractivity contribution >= 4 is 40.8 Å². The topological polar surface area (TPSA) is 138 Å². The van der Waals surface area contributed by atoms with Crippen molar-refractivity contribution in [1.29, 1.82) is 0 Å². The second kappa shape index (κ2) is 14.3. The normalized spacial score (nSPS) is 10.7. The number of nitro benzene ring substituents is 1. The molecule has 0 aliphatic heterocycles. The summed E-state index contributed by atoms with van der Waals surface area (Å²) in [5.74, 6) is -0.416. The van der Waals surface area contributed by atoms with Gasteiger partial charge in [0.1, 0.15) is 5.75 Å². The fourth-order valence-electron chi connectivity index (χ4n) is 3.82. The third-order valence-corrected chi connectivity index (χ3v) is 6.18. The third-order valence-electron chi connectivity index (χ3n) is 6.18. The van der Waals surface area contributed by atoms with E-state index in [2.05, 4.69) is 26.1 Å². The molecule has 40 heavy (non-hydrogen) atoms. The molecule has 210 valence electrons. The highest BCUT2D eigenvalue weighted by atomic mass is 16.6. The molecule has 0 heterocycles. The molecule has 0 aliphatic rings. The van der Waals surface area contributed by atoms with E-state index in [1.165, 1.54) is 30.0 Å². The number of nitro groups is 1. The number of carbonyl (C=O) groups is 2. The molecule has 0 atom stereocenters. The largest absolute Gasteiger partial charge is 0.483 e. The van der Waals surface area contributed by atoms with Crippen LogP contribution >= 0.6 is 0 Å².